The van der Waals surface area contributed by atoms with E-state index in [0.29, 0.717) is 16.6 Å². The van der Waals surface area contributed by atoms with E-state index in [-0.39, 0.29) is 0 Å². The molecule has 0 aromatic carbocycles. The number of pyridine rings is 1. The fraction of sp³-hybridized carbons (Fsp3) is 0. The minimum atomic E-state index is 0.404. The van der Waals surface area contributed by atoms with Crippen LogP contribution in [0.4, 0.5) is 0 Å². The Bertz CT molecular complexity index is 774. The molecular formula is C12H5BrN4OS. The first-order valence-electron chi connectivity index (χ1n) is 5.21. The lowest BCUT2D eigenvalue weighted by Crippen LogP contribution is -1.82. The van der Waals surface area contributed by atoms with Gasteiger partial charge in [-0.15, -0.1) is 11.3 Å². The summed E-state index contributed by atoms with van der Waals surface area (Å²) in [5.41, 5.74) is 0.765. The second kappa shape index (κ2) is 4.91. The van der Waals surface area contributed by atoms with Crippen molar-refractivity contribution >= 4 is 27.3 Å². The smallest absolute Gasteiger partial charge is 0.268 e. The van der Waals surface area contributed by atoms with Gasteiger partial charge >= 0.3 is 0 Å². The number of hydrogen-bond donors (Lipinski definition) is 0. The number of rotatable bonds is 2. The number of hydrogen-bond acceptors (Lipinski definition) is 6. The Kier molecular flexibility index (Phi) is 3.11. The summed E-state index contributed by atoms with van der Waals surface area (Å²) in [5.74, 6) is 0.872. The van der Waals surface area contributed by atoms with Crippen LogP contribution in [0, 0.1) is 11.3 Å². The maximum absolute atomic E-state index is 8.79. The summed E-state index contributed by atoms with van der Waals surface area (Å²) in [6, 6.07) is 7.45. The summed E-state index contributed by atoms with van der Waals surface area (Å²) < 4.78 is 6.05. The van der Waals surface area contributed by atoms with Gasteiger partial charge in [0.1, 0.15) is 10.9 Å². The molecule has 0 saturated carbocycles. The van der Waals surface area contributed by atoms with Crippen LogP contribution in [0.2, 0.25) is 0 Å². The van der Waals surface area contributed by atoms with Gasteiger partial charge in [0.2, 0.25) is 5.82 Å². The van der Waals surface area contributed by atoms with Crippen LogP contribution in [0.15, 0.2) is 39.6 Å². The SMILES string of the molecule is N#Cc1ccc(-c2nc(-c3cncc(Br)c3)no2)s1. The van der Waals surface area contributed by atoms with Gasteiger partial charge in [-0.05, 0) is 34.1 Å². The van der Waals surface area contributed by atoms with Gasteiger partial charge in [0.25, 0.3) is 5.89 Å². The fourth-order valence-corrected chi connectivity index (χ4v) is 2.58. The van der Waals surface area contributed by atoms with E-state index in [1.165, 1.54) is 11.3 Å². The molecule has 7 heteroatoms. The Morgan fingerprint density at radius 1 is 1.32 bits per heavy atom. The molecule has 3 aromatic rings. The van der Waals surface area contributed by atoms with Crippen molar-refractivity contribution in [3.05, 3.63) is 39.9 Å². The molecule has 0 unspecified atom stereocenters. The predicted molar refractivity (Wildman–Crippen MR) is 73.3 cm³/mol. The summed E-state index contributed by atoms with van der Waals surface area (Å²) in [6.07, 6.45) is 3.34. The second-order valence-corrected chi connectivity index (χ2v) is 5.59. The van der Waals surface area contributed by atoms with E-state index in [1.807, 2.05) is 6.07 Å². The largest absolute Gasteiger partial charge is 0.333 e. The van der Waals surface area contributed by atoms with E-state index in [1.54, 1.807) is 24.5 Å². The second-order valence-electron chi connectivity index (χ2n) is 3.59. The molecule has 0 fully saturated rings. The van der Waals surface area contributed by atoms with Gasteiger partial charge in [-0.3, -0.25) is 4.98 Å². The van der Waals surface area contributed by atoms with Gasteiger partial charge in [-0.2, -0.15) is 10.2 Å². The molecule has 5 nitrogen and oxygen atoms in total. The molecule has 0 N–H and O–H groups in total. The van der Waals surface area contributed by atoms with Crippen molar-refractivity contribution in [2.45, 2.75) is 0 Å². The van der Waals surface area contributed by atoms with Crippen LogP contribution in [-0.4, -0.2) is 15.1 Å². The van der Waals surface area contributed by atoms with Crippen LogP contribution >= 0.6 is 27.3 Å². The summed E-state index contributed by atoms with van der Waals surface area (Å²) in [5, 5.41) is 12.7. The highest BCUT2D eigenvalue weighted by Crippen LogP contribution is 2.28. The van der Waals surface area contributed by atoms with Crippen molar-refractivity contribution in [3.8, 4) is 28.2 Å². The van der Waals surface area contributed by atoms with Crippen LogP contribution in [0.5, 0.6) is 0 Å². The number of aromatic nitrogens is 3. The number of halogens is 1. The van der Waals surface area contributed by atoms with Crippen LogP contribution in [-0.2, 0) is 0 Å². The van der Waals surface area contributed by atoms with Gasteiger partial charge in [0.15, 0.2) is 0 Å². The average molecular weight is 333 g/mol. The molecule has 0 aliphatic heterocycles. The molecule has 92 valence electrons. The Balaban J connectivity index is 1.97. The minimum Gasteiger partial charge on any atom is -0.333 e. The third-order valence-electron chi connectivity index (χ3n) is 2.32. The summed E-state index contributed by atoms with van der Waals surface area (Å²) in [7, 11) is 0. The van der Waals surface area contributed by atoms with Crippen LogP contribution in [0.3, 0.4) is 0 Å². The van der Waals surface area contributed by atoms with Crippen LogP contribution in [0.25, 0.3) is 22.2 Å². The van der Waals surface area contributed by atoms with Crippen molar-refractivity contribution in [3.63, 3.8) is 0 Å². The van der Waals surface area contributed by atoms with Crippen LogP contribution in [0.1, 0.15) is 4.88 Å². The molecule has 0 radical (unpaired) electrons. The molecule has 0 atom stereocenters. The Labute approximate surface area is 120 Å². The molecule has 19 heavy (non-hydrogen) atoms. The monoisotopic (exact) mass is 332 g/mol. The maximum atomic E-state index is 8.79. The van der Waals surface area contributed by atoms with Gasteiger partial charge in [-0.25, -0.2) is 0 Å². The highest BCUT2D eigenvalue weighted by Gasteiger charge is 2.13. The fourth-order valence-electron chi connectivity index (χ4n) is 1.49. The molecule has 3 heterocycles. The van der Waals surface area contributed by atoms with Crippen molar-refractivity contribution in [2.75, 3.05) is 0 Å². The van der Waals surface area contributed by atoms with E-state index in [2.05, 4.69) is 37.1 Å². The van der Waals surface area contributed by atoms with Crippen molar-refractivity contribution in [1.82, 2.24) is 15.1 Å². The van der Waals surface area contributed by atoms with Crippen molar-refractivity contribution in [1.29, 1.82) is 5.26 Å². The van der Waals surface area contributed by atoms with E-state index in [0.717, 1.165) is 14.9 Å². The molecule has 0 saturated heterocycles. The Morgan fingerprint density at radius 2 is 2.21 bits per heavy atom. The zero-order valence-corrected chi connectivity index (χ0v) is 11.8. The third kappa shape index (κ3) is 2.41. The highest BCUT2D eigenvalue weighted by atomic mass is 79.9. The summed E-state index contributed by atoms with van der Waals surface area (Å²) in [6.45, 7) is 0. The lowest BCUT2D eigenvalue weighted by Gasteiger charge is -1.93. The van der Waals surface area contributed by atoms with Gasteiger partial charge in [0, 0.05) is 22.4 Å². The van der Waals surface area contributed by atoms with Gasteiger partial charge in [0.05, 0.1) is 4.88 Å². The van der Waals surface area contributed by atoms with E-state index < -0.39 is 0 Å². The number of thiophene rings is 1. The predicted octanol–water partition coefficient (Wildman–Crippen LogP) is 3.49. The van der Waals surface area contributed by atoms with E-state index in [9.17, 15) is 0 Å². The van der Waals surface area contributed by atoms with Crippen molar-refractivity contribution < 1.29 is 4.52 Å². The molecule has 0 bridgehead atoms. The zero-order valence-electron chi connectivity index (χ0n) is 9.37. The Hall–Kier alpha value is -2.04. The highest BCUT2D eigenvalue weighted by molar-refractivity contribution is 9.10. The molecule has 0 spiro atoms. The number of nitriles is 1. The summed E-state index contributed by atoms with van der Waals surface area (Å²) in [4.78, 5) is 9.74. The first-order chi connectivity index (χ1) is 9.26. The normalized spacial score (nSPS) is 10.3. The third-order valence-corrected chi connectivity index (χ3v) is 3.73. The molecular weight excluding hydrogens is 328 g/mol. The zero-order chi connectivity index (χ0) is 13.2. The van der Waals surface area contributed by atoms with Gasteiger partial charge in [-0.1, -0.05) is 5.16 Å². The lowest BCUT2D eigenvalue weighted by atomic mass is 10.3. The number of nitrogens with zero attached hydrogens (tertiary/aromatic N) is 4. The van der Waals surface area contributed by atoms with Crippen molar-refractivity contribution in [2.24, 2.45) is 0 Å². The van der Waals surface area contributed by atoms with Crippen LogP contribution < -0.4 is 0 Å². The standard InChI is InChI=1S/C12H5BrN4OS/c13-8-3-7(5-15-6-8)11-16-12(18-17-11)10-2-1-9(4-14)19-10/h1-3,5-6H. The van der Waals surface area contributed by atoms with Gasteiger partial charge < -0.3 is 4.52 Å². The van der Waals surface area contributed by atoms with E-state index in [4.69, 9.17) is 9.78 Å². The average Bonchev–Trinajstić information content (AvgIpc) is 3.07. The minimum absolute atomic E-state index is 0.404. The maximum Gasteiger partial charge on any atom is 0.268 e. The summed E-state index contributed by atoms with van der Waals surface area (Å²) >= 11 is 4.66. The quantitative estimate of drug-likeness (QED) is 0.717. The first kappa shape index (κ1) is 12.0. The molecule has 0 amide bonds. The molecule has 0 aliphatic rings. The lowest BCUT2D eigenvalue weighted by molar-refractivity contribution is 0.433. The molecule has 0 aliphatic carbocycles. The molecule has 3 aromatic heterocycles. The Morgan fingerprint density at radius 3 is 2.95 bits per heavy atom. The first-order valence-corrected chi connectivity index (χ1v) is 6.82. The van der Waals surface area contributed by atoms with E-state index >= 15 is 0 Å². The molecule has 3 rings (SSSR count). The topological polar surface area (TPSA) is 75.6 Å².